The molecular formula is C8H14N3Zr. The first-order valence-electron chi connectivity index (χ1n) is 3.65. The molecule has 12 heavy (non-hydrogen) atoms. The molecule has 1 radical (unpaired) electrons. The number of allylic oxidation sites excluding steroid dienone is 1. The number of hydrogen-bond donors (Lipinski definition) is 3. The van der Waals surface area contributed by atoms with E-state index < -0.39 is 0 Å². The van der Waals surface area contributed by atoms with Crippen LogP contribution in [0.3, 0.4) is 0 Å². The largest absolute Gasteiger partial charge is 0.391 e. The van der Waals surface area contributed by atoms with Crippen LogP contribution in [0.4, 0.5) is 0 Å². The number of nitrogens with one attached hydrogen (secondary N) is 3. The third-order valence-corrected chi connectivity index (χ3v) is 1.72. The van der Waals surface area contributed by atoms with Gasteiger partial charge in [0.2, 0.25) is 0 Å². The van der Waals surface area contributed by atoms with Crippen LogP contribution < -0.4 is 16.0 Å². The zero-order chi connectivity index (χ0) is 8.27. The summed E-state index contributed by atoms with van der Waals surface area (Å²) >= 11 is 0. The van der Waals surface area contributed by atoms with Crippen molar-refractivity contribution < 1.29 is 26.2 Å². The fraction of sp³-hybridized carbons (Fsp3) is 0.375. The monoisotopic (exact) mass is 242 g/mol. The molecule has 0 aromatic rings. The van der Waals surface area contributed by atoms with Crippen molar-refractivity contribution in [1.29, 1.82) is 0 Å². The Morgan fingerprint density at radius 2 is 1.50 bits per heavy atom. The summed E-state index contributed by atoms with van der Waals surface area (Å²) in [6.45, 7) is 0. The first kappa shape index (κ1) is 11.8. The zero-order valence-electron chi connectivity index (χ0n) is 7.65. The normalized spacial score (nSPS) is 15.1. The van der Waals surface area contributed by atoms with Crippen LogP contribution in [0, 0.1) is 6.42 Å². The third-order valence-electron chi connectivity index (χ3n) is 1.72. The molecule has 0 bridgehead atoms. The van der Waals surface area contributed by atoms with Gasteiger partial charge in [-0.3, -0.25) is 0 Å². The average Bonchev–Trinajstić information content (AvgIpc) is 2.46. The molecule has 0 amide bonds. The first-order valence-corrected chi connectivity index (χ1v) is 3.65. The second-order valence-electron chi connectivity index (χ2n) is 2.32. The van der Waals surface area contributed by atoms with Crippen molar-refractivity contribution in [2.24, 2.45) is 0 Å². The summed E-state index contributed by atoms with van der Waals surface area (Å²) in [4.78, 5) is 0. The van der Waals surface area contributed by atoms with Gasteiger partial charge in [-0.1, -0.05) is 0 Å². The van der Waals surface area contributed by atoms with Crippen LogP contribution in [0.2, 0.25) is 0 Å². The molecule has 1 rings (SSSR count). The van der Waals surface area contributed by atoms with Crippen molar-refractivity contribution in [3.05, 3.63) is 29.6 Å². The first-order chi connectivity index (χ1) is 5.31. The van der Waals surface area contributed by atoms with E-state index >= 15 is 0 Å². The van der Waals surface area contributed by atoms with Crippen molar-refractivity contribution in [2.75, 3.05) is 21.1 Å². The smallest absolute Gasteiger partial charge is 0.0555 e. The second kappa shape index (κ2) is 5.42. The van der Waals surface area contributed by atoms with Gasteiger partial charge in [-0.05, 0) is 6.08 Å². The van der Waals surface area contributed by atoms with Gasteiger partial charge in [0.25, 0.3) is 0 Å². The van der Waals surface area contributed by atoms with E-state index in [1.54, 1.807) is 0 Å². The summed E-state index contributed by atoms with van der Waals surface area (Å²) in [5, 5.41) is 9.27. The molecule has 3 N–H and O–H groups in total. The predicted octanol–water partition coefficient (Wildman–Crippen LogP) is -0.0445. The molecule has 0 unspecified atom stereocenters. The quantitative estimate of drug-likeness (QED) is 0.651. The van der Waals surface area contributed by atoms with E-state index in [0.717, 1.165) is 17.1 Å². The van der Waals surface area contributed by atoms with Gasteiger partial charge in [-0.2, -0.15) is 0 Å². The van der Waals surface area contributed by atoms with Crippen molar-refractivity contribution in [2.45, 2.75) is 0 Å². The minimum absolute atomic E-state index is 0. The summed E-state index contributed by atoms with van der Waals surface area (Å²) in [6, 6.07) is 0. The van der Waals surface area contributed by atoms with E-state index in [0.29, 0.717) is 0 Å². The number of rotatable bonds is 3. The van der Waals surface area contributed by atoms with Gasteiger partial charge in [0.05, 0.1) is 12.1 Å². The molecule has 1 aliphatic carbocycles. The van der Waals surface area contributed by atoms with Crippen molar-refractivity contribution in [1.82, 2.24) is 16.0 Å². The molecule has 0 saturated carbocycles. The molecule has 0 aromatic carbocycles. The van der Waals surface area contributed by atoms with E-state index in [4.69, 9.17) is 0 Å². The standard InChI is InChI=1S/C8H14N3.Zr/c1-9-6-4-7(10-2)8(5-6)11-3;/h4-5,9-11H,1-3H3;. The topological polar surface area (TPSA) is 36.1 Å². The molecule has 0 heterocycles. The van der Waals surface area contributed by atoms with E-state index in [2.05, 4.69) is 28.4 Å². The van der Waals surface area contributed by atoms with Gasteiger partial charge in [-0.15, -0.1) is 0 Å². The molecule has 3 nitrogen and oxygen atoms in total. The second-order valence-corrected chi connectivity index (χ2v) is 2.32. The maximum absolute atomic E-state index is 3.10. The van der Waals surface area contributed by atoms with Gasteiger partial charge in [-0.25, -0.2) is 0 Å². The fourth-order valence-corrected chi connectivity index (χ4v) is 1.07. The van der Waals surface area contributed by atoms with Gasteiger partial charge >= 0.3 is 0 Å². The maximum Gasteiger partial charge on any atom is 0.0555 e. The number of likely N-dealkylation sites (N-methyl/N-ethyl adjacent to an activating group) is 1. The Balaban J connectivity index is 0.00000121. The van der Waals surface area contributed by atoms with Gasteiger partial charge in [0.1, 0.15) is 0 Å². The van der Waals surface area contributed by atoms with Crippen LogP contribution >= 0.6 is 0 Å². The van der Waals surface area contributed by atoms with Gasteiger partial charge in [0, 0.05) is 58.7 Å². The Bertz CT molecular complexity index is 208. The molecule has 0 atom stereocenters. The van der Waals surface area contributed by atoms with Crippen LogP contribution in [0.15, 0.2) is 23.2 Å². The van der Waals surface area contributed by atoms with Crippen LogP contribution in [-0.2, 0) is 26.2 Å². The van der Waals surface area contributed by atoms with Crippen LogP contribution in [0.5, 0.6) is 0 Å². The zero-order valence-corrected chi connectivity index (χ0v) is 10.1. The molecule has 1 aliphatic rings. The summed E-state index contributed by atoms with van der Waals surface area (Å²) in [7, 11) is 5.74. The minimum atomic E-state index is 0. The Kier molecular flexibility index (Phi) is 5.31. The molecule has 0 aromatic heterocycles. The van der Waals surface area contributed by atoms with Crippen LogP contribution in [-0.4, -0.2) is 21.1 Å². The average molecular weight is 243 g/mol. The van der Waals surface area contributed by atoms with Crippen molar-refractivity contribution >= 4 is 0 Å². The third kappa shape index (κ3) is 2.38. The molecule has 4 heteroatoms. The Morgan fingerprint density at radius 3 is 1.83 bits per heavy atom. The van der Waals surface area contributed by atoms with Crippen molar-refractivity contribution in [3.8, 4) is 0 Å². The summed E-state index contributed by atoms with van der Waals surface area (Å²) < 4.78 is 0. The van der Waals surface area contributed by atoms with E-state index in [1.165, 1.54) is 0 Å². The Hall–Kier alpha value is -0.237. The molecule has 65 valence electrons. The summed E-state index contributed by atoms with van der Waals surface area (Å²) in [5.74, 6) is 0. The molecule has 0 aliphatic heterocycles. The van der Waals surface area contributed by atoms with E-state index in [9.17, 15) is 0 Å². The Morgan fingerprint density at radius 1 is 0.917 bits per heavy atom. The van der Waals surface area contributed by atoms with Gasteiger partial charge in [0.15, 0.2) is 0 Å². The van der Waals surface area contributed by atoms with Crippen LogP contribution in [0.25, 0.3) is 0 Å². The van der Waals surface area contributed by atoms with Crippen molar-refractivity contribution in [3.63, 3.8) is 0 Å². The van der Waals surface area contributed by atoms with E-state index in [-0.39, 0.29) is 26.2 Å². The van der Waals surface area contributed by atoms with E-state index in [1.807, 2.05) is 21.1 Å². The molecular weight excluding hydrogens is 229 g/mol. The maximum atomic E-state index is 3.10. The van der Waals surface area contributed by atoms with Gasteiger partial charge < -0.3 is 16.0 Å². The summed E-state index contributed by atoms with van der Waals surface area (Å²) in [5.41, 5.74) is 3.37. The Labute approximate surface area is 92.8 Å². The summed E-state index contributed by atoms with van der Waals surface area (Å²) in [6.07, 6.45) is 4.12. The predicted molar refractivity (Wildman–Crippen MR) is 46.6 cm³/mol. The van der Waals surface area contributed by atoms with Crippen LogP contribution in [0.1, 0.15) is 0 Å². The minimum Gasteiger partial charge on any atom is -0.391 e. The fourth-order valence-electron chi connectivity index (χ4n) is 1.07. The number of hydrogen-bond acceptors (Lipinski definition) is 3. The SMILES string of the molecule is CNC1=CC(NC)=C(NC)[CH]1.[Zr]. The molecule has 0 saturated heterocycles. The molecule has 0 spiro atoms. The molecule has 0 fully saturated rings.